The highest BCUT2D eigenvalue weighted by molar-refractivity contribution is 5.89. The molecule has 0 radical (unpaired) electrons. The van der Waals surface area contributed by atoms with Gasteiger partial charge in [0.1, 0.15) is 83.9 Å². The number of hydrogen-bond donors (Lipinski definition) is 8. The van der Waals surface area contributed by atoms with Crippen molar-refractivity contribution in [2.75, 3.05) is 27.9 Å². The zero-order chi connectivity index (χ0) is 62.5. The Morgan fingerprint density at radius 1 is 0.724 bits per heavy atom. The number of methoxy groups -OCH3 is 3. The normalized spacial score (nSPS) is 45.9. The van der Waals surface area contributed by atoms with Crippen molar-refractivity contribution < 1.29 is 112 Å². The zero-order valence-corrected chi connectivity index (χ0v) is 50.8. The highest BCUT2D eigenvalue weighted by Gasteiger charge is 2.81. The number of esters is 2. The summed E-state index contributed by atoms with van der Waals surface area (Å²) in [6.45, 7) is 9.93. The first-order chi connectivity index (χ1) is 41.4. The maximum Gasteiger partial charge on any atom is 0.339 e. The van der Waals surface area contributed by atoms with E-state index in [0.29, 0.717) is 25.7 Å². The van der Waals surface area contributed by atoms with Crippen molar-refractivity contribution in [2.45, 2.75) is 245 Å². The third-order valence-electron chi connectivity index (χ3n) is 20.9. The molecule has 8 N–H and O–H groups in total. The number of rotatable bonds is 18. The molecule has 0 bridgehead atoms. The highest BCUT2D eigenvalue weighted by Crippen LogP contribution is 2.71. The Morgan fingerprint density at radius 3 is 2.01 bits per heavy atom. The van der Waals surface area contributed by atoms with Gasteiger partial charge in [0, 0.05) is 58.6 Å². The van der Waals surface area contributed by atoms with Gasteiger partial charge in [-0.3, -0.25) is 4.98 Å². The summed E-state index contributed by atoms with van der Waals surface area (Å²) in [5, 5.41) is 92.3. The molecule has 4 aliphatic carbocycles. The van der Waals surface area contributed by atoms with Gasteiger partial charge in [0.2, 0.25) is 0 Å². The van der Waals surface area contributed by atoms with E-state index >= 15 is 0 Å². The van der Waals surface area contributed by atoms with Gasteiger partial charge in [-0.2, -0.15) is 0 Å². The van der Waals surface area contributed by atoms with Crippen LogP contribution in [-0.4, -0.2) is 231 Å². The summed E-state index contributed by atoms with van der Waals surface area (Å²) in [5.41, 5.74) is -6.31. The maximum absolute atomic E-state index is 14.1. The van der Waals surface area contributed by atoms with Crippen LogP contribution < -0.4 is 0 Å². The van der Waals surface area contributed by atoms with Crippen LogP contribution in [0.15, 0.2) is 72.6 Å². The van der Waals surface area contributed by atoms with Crippen molar-refractivity contribution in [3.8, 4) is 0 Å². The molecular formula is C63H89NO23. The van der Waals surface area contributed by atoms with E-state index in [1.807, 2.05) is 43.3 Å². The number of benzene rings is 1. The van der Waals surface area contributed by atoms with E-state index in [4.69, 9.17) is 61.6 Å². The molecule has 0 unspecified atom stereocenters. The lowest BCUT2D eigenvalue weighted by molar-refractivity contribution is -0.373. The average Bonchev–Trinajstić information content (AvgIpc) is 1.60. The van der Waals surface area contributed by atoms with Crippen LogP contribution in [0.3, 0.4) is 0 Å². The predicted molar refractivity (Wildman–Crippen MR) is 303 cm³/mol. The second-order valence-electron chi connectivity index (χ2n) is 25.5. The zero-order valence-electron chi connectivity index (χ0n) is 50.8. The third-order valence-corrected chi connectivity index (χ3v) is 20.9. The Hall–Kier alpha value is -3.97. The summed E-state index contributed by atoms with van der Waals surface area (Å²) in [5.74, 6) is -2.08. The van der Waals surface area contributed by atoms with Crippen LogP contribution in [0, 0.1) is 16.7 Å². The van der Waals surface area contributed by atoms with Crippen molar-refractivity contribution in [2.24, 2.45) is 16.7 Å². The second-order valence-corrected chi connectivity index (χ2v) is 25.5. The van der Waals surface area contributed by atoms with Crippen LogP contribution in [0.4, 0.5) is 0 Å². The van der Waals surface area contributed by atoms with Gasteiger partial charge < -0.3 is 102 Å². The monoisotopic (exact) mass is 1230 g/mol. The molecular weight excluding hydrogens is 1140 g/mol. The standard InChI is InChI=1S/C63H89NO23/c1-32-52(85-47-28-41(76-8)53(33(2)79-47)86-58-51(70)55(77-9)54(34(3)80-58)87-57-50(69)49(68)48(67)42(31-65)83-57)40(75-7)27-46(78-32)82-39-20-21-59(5)38(26-39)19-22-62(73)43(59)29-44(84-56(71)37-16-13-25-64-30-37)60(6)61(72,23-24-63(60,62)74)35(4)81-45(66)18-17-36-14-11-10-12-15-36/h10-19,25,30,32-35,39-44,46-55,57-58,65,67-70,72-74H,20-24,26-29,31H2,1-9H3/b18-17+/t32-,33-,34-,35+,39+,40+,41-,42-,43-,44-,46+,47+,48-,49+,50-,51-,52-,53-,54-,55+,57+,58+,59+,60-,61+,62+,63-/m1/s1. The molecule has 8 aliphatic rings. The Morgan fingerprint density at radius 2 is 1.37 bits per heavy atom. The molecule has 0 spiro atoms. The average molecular weight is 1230 g/mol. The first-order valence-corrected chi connectivity index (χ1v) is 30.4. The highest BCUT2D eigenvalue weighted by atomic mass is 16.8. The molecule has 484 valence electrons. The number of pyridine rings is 1. The number of aliphatic hydroxyl groups excluding tert-OH is 5. The lowest BCUT2D eigenvalue weighted by Gasteiger charge is -2.67. The molecule has 7 fully saturated rings. The van der Waals surface area contributed by atoms with E-state index in [2.05, 4.69) is 11.9 Å². The molecule has 1 aromatic carbocycles. The number of ether oxygens (including phenoxy) is 13. The van der Waals surface area contributed by atoms with Crippen LogP contribution in [0.5, 0.6) is 0 Å². The van der Waals surface area contributed by atoms with Gasteiger partial charge in [0.15, 0.2) is 25.2 Å². The van der Waals surface area contributed by atoms with Crippen molar-refractivity contribution in [1.29, 1.82) is 0 Å². The minimum atomic E-state index is -2.04. The molecule has 3 saturated carbocycles. The number of fused-ring (bicyclic) bond motifs is 5. The Kier molecular flexibility index (Phi) is 20.0. The van der Waals surface area contributed by atoms with E-state index in [0.717, 1.165) is 11.1 Å². The molecule has 87 heavy (non-hydrogen) atoms. The molecule has 4 saturated heterocycles. The first kappa shape index (κ1) is 66.0. The summed E-state index contributed by atoms with van der Waals surface area (Å²) < 4.78 is 80.5. The van der Waals surface area contributed by atoms with Gasteiger partial charge in [-0.15, -0.1) is 0 Å². The number of aliphatic hydroxyl groups is 8. The Bertz CT molecular complexity index is 2730. The van der Waals surface area contributed by atoms with Crippen LogP contribution in [0.2, 0.25) is 0 Å². The minimum absolute atomic E-state index is 0.0337. The molecule has 0 amide bonds. The van der Waals surface area contributed by atoms with E-state index < -0.39 is 175 Å². The largest absolute Gasteiger partial charge is 0.458 e. The van der Waals surface area contributed by atoms with Gasteiger partial charge in [-0.05, 0) is 102 Å². The maximum atomic E-state index is 14.1. The fourth-order valence-corrected chi connectivity index (χ4v) is 15.8. The van der Waals surface area contributed by atoms with Gasteiger partial charge in [0.05, 0.1) is 54.2 Å². The predicted octanol–water partition coefficient (Wildman–Crippen LogP) is 2.55. The SMILES string of the molecule is CO[C@H]1[C@@H](O)[C@H](O[C@@H]2[C@@H](C)O[C@@H](O[C@H]3[C@@H](OC)C[C@H](O[C@H]4CC[C@@]5(C)C(=CC[C@]6(O)[C@@H]5C[C@@H](OC(=O)c5cccnc5)[C@@]5(C)[C@]6(O)CC[C@]5(O)[C@H](C)OC(=O)/C=C/c5ccccc5)C4)O[C@@H]3C)C[C@H]2OC)O[C@H](C)[C@H]1O[C@@H]1O[C@H](CO)[C@@H](O)[C@H](O)[C@H]1O. The topological polar surface area (TPSA) is 329 Å². The molecule has 24 heteroatoms. The minimum Gasteiger partial charge on any atom is -0.458 e. The molecule has 4 aliphatic heterocycles. The second kappa shape index (κ2) is 26.3. The number of aromatic nitrogens is 1. The smallest absolute Gasteiger partial charge is 0.339 e. The third kappa shape index (κ3) is 12.0. The number of hydrogen-bond acceptors (Lipinski definition) is 24. The molecule has 27 atom stereocenters. The fourth-order valence-electron chi connectivity index (χ4n) is 15.8. The van der Waals surface area contributed by atoms with Gasteiger partial charge in [0.25, 0.3) is 0 Å². The van der Waals surface area contributed by atoms with Gasteiger partial charge >= 0.3 is 11.9 Å². The molecule has 24 nitrogen and oxygen atoms in total. The number of nitrogens with zero attached hydrogens (tertiary/aromatic N) is 1. The van der Waals surface area contributed by atoms with E-state index in [1.54, 1.807) is 53.0 Å². The summed E-state index contributed by atoms with van der Waals surface area (Å²) in [6.07, 6.45) is -11.4. The quantitative estimate of drug-likeness (QED) is 0.0604. The molecule has 1 aromatic heterocycles. The summed E-state index contributed by atoms with van der Waals surface area (Å²) in [6, 6.07) is 12.4. The summed E-state index contributed by atoms with van der Waals surface area (Å²) in [7, 11) is 4.48. The summed E-state index contributed by atoms with van der Waals surface area (Å²) >= 11 is 0. The van der Waals surface area contributed by atoms with Crippen molar-refractivity contribution in [3.63, 3.8) is 0 Å². The number of carbonyl (C=O) groups is 2. The van der Waals surface area contributed by atoms with Crippen molar-refractivity contribution in [3.05, 3.63) is 83.7 Å². The van der Waals surface area contributed by atoms with Gasteiger partial charge in [-0.25, -0.2) is 9.59 Å². The Balaban J connectivity index is 0.777. The van der Waals surface area contributed by atoms with E-state index in [9.17, 15) is 50.4 Å². The fraction of sp³-hybridized carbons (Fsp3) is 0.730. The van der Waals surface area contributed by atoms with Crippen LogP contribution in [0.25, 0.3) is 6.08 Å². The van der Waals surface area contributed by atoms with Gasteiger partial charge in [-0.1, -0.05) is 55.8 Å². The van der Waals surface area contributed by atoms with Crippen molar-refractivity contribution in [1.82, 2.24) is 4.98 Å². The summed E-state index contributed by atoms with van der Waals surface area (Å²) in [4.78, 5) is 31.6. The lowest BCUT2D eigenvalue weighted by atomic mass is 9.42. The van der Waals surface area contributed by atoms with Crippen molar-refractivity contribution >= 4 is 18.0 Å². The molecule has 2 aromatic rings. The molecule has 5 heterocycles. The van der Waals surface area contributed by atoms with Crippen LogP contribution >= 0.6 is 0 Å². The lowest BCUT2D eigenvalue weighted by Crippen LogP contribution is -2.78. The van der Waals surface area contributed by atoms with Crippen LogP contribution in [-0.2, 0) is 66.4 Å². The first-order valence-electron chi connectivity index (χ1n) is 30.4. The number of carbonyl (C=O) groups excluding carboxylic acids is 2. The molecule has 10 rings (SSSR count). The van der Waals surface area contributed by atoms with Crippen LogP contribution in [0.1, 0.15) is 115 Å². The van der Waals surface area contributed by atoms with E-state index in [-0.39, 0.29) is 43.8 Å². The Labute approximate surface area is 506 Å². The van der Waals surface area contributed by atoms with E-state index in [1.165, 1.54) is 32.7 Å².